The van der Waals surface area contributed by atoms with Crippen LogP contribution < -0.4 is 15.4 Å². The Morgan fingerprint density at radius 1 is 1.15 bits per heavy atom. The van der Waals surface area contributed by atoms with Gasteiger partial charge in [0.1, 0.15) is 5.75 Å². The molecule has 0 aliphatic heterocycles. The lowest BCUT2D eigenvalue weighted by Crippen LogP contribution is -2.12. The van der Waals surface area contributed by atoms with Crippen LogP contribution in [0.2, 0.25) is 0 Å². The number of ether oxygens (including phenoxy) is 1. The maximum absolute atomic E-state index is 12.3. The van der Waals surface area contributed by atoms with Crippen LogP contribution in [0.1, 0.15) is 25.8 Å². The summed E-state index contributed by atoms with van der Waals surface area (Å²) in [6, 6.07) is 13.2. The number of anilines is 2. The monoisotopic (exact) mass is 383 g/mol. The van der Waals surface area contributed by atoms with Gasteiger partial charge >= 0.3 is 0 Å². The minimum atomic E-state index is -0.125. The lowest BCUT2D eigenvalue weighted by atomic mass is 10.1. The third kappa shape index (κ3) is 5.04. The number of benzene rings is 2. The molecule has 2 amide bonds. The molecule has 3 rings (SSSR count). The van der Waals surface area contributed by atoms with E-state index in [1.165, 1.54) is 18.3 Å². The summed E-state index contributed by atoms with van der Waals surface area (Å²) in [5.41, 5.74) is 2.51. The molecule has 2 aromatic carbocycles. The van der Waals surface area contributed by atoms with E-state index in [0.29, 0.717) is 30.3 Å². The van der Waals surface area contributed by atoms with Crippen molar-refractivity contribution in [3.8, 4) is 5.75 Å². The van der Waals surface area contributed by atoms with Gasteiger partial charge in [0.15, 0.2) is 5.13 Å². The van der Waals surface area contributed by atoms with Gasteiger partial charge in [-0.1, -0.05) is 29.5 Å². The number of hydrogen-bond donors (Lipinski definition) is 2. The zero-order valence-electron chi connectivity index (χ0n) is 15.2. The van der Waals surface area contributed by atoms with E-state index in [0.717, 1.165) is 21.5 Å². The van der Waals surface area contributed by atoms with Gasteiger partial charge < -0.3 is 15.4 Å². The molecular weight excluding hydrogens is 362 g/mol. The van der Waals surface area contributed by atoms with Crippen molar-refractivity contribution in [2.24, 2.45) is 0 Å². The first-order valence-electron chi connectivity index (χ1n) is 8.74. The Morgan fingerprint density at radius 2 is 1.96 bits per heavy atom. The number of thiazole rings is 1. The van der Waals surface area contributed by atoms with Gasteiger partial charge in [-0.25, -0.2) is 4.98 Å². The van der Waals surface area contributed by atoms with Gasteiger partial charge in [0.2, 0.25) is 11.8 Å². The van der Waals surface area contributed by atoms with E-state index in [4.69, 9.17) is 4.74 Å². The highest BCUT2D eigenvalue weighted by atomic mass is 32.1. The summed E-state index contributed by atoms with van der Waals surface area (Å²) in [6.07, 6.45) is 0.941. The van der Waals surface area contributed by atoms with E-state index in [-0.39, 0.29) is 11.8 Å². The summed E-state index contributed by atoms with van der Waals surface area (Å²) < 4.78 is 6.50. The molecule has 0 radical (unpaired) electrons. The smallest absolute Gasteiger partial charge is 0.226 e. The van der Waals surface area contributed by atoms with Gasteiger partial charge in [-0.2, -0.15) is 0 Å². The van der Waals surface area contributed by atoms with Crippen molar-refractivity contribution in [3.63, 3.8) is 0 Å². The second kappa shape index (κ2) is 8.64. The molecule has 2 N–H and O–H groups in total. The lowest BCUT2D eigenvalue weighted by molar-refractivity contribution is -0.116. The van der Waals surface area contributed by atoms with Crippen molar-refractivity contribution in [2.45, 2.75) is 26.7 Å². The van der Waals surface area contributed by atoms with E-state index in [9.17, 15) is 9.59 Å². The first-order valence-corrected chi connectivity index (χ1v) is 9.55. The summed E-state index contributed by atoms with van der Waals surface area (Å²) in [6.45, 7) is 4.00. The van der Waals surface area contributed by atoms with Crippen LogP contribution in [-0.2, 0) is 16.0 Å². The van der Waals surface area contributed by atoms with Crippen LogP contribution in [0.25, 0.3) is 10.2 Å². The van der Waals surface area contributed by atoms with Crippen LogP contribution in [0.4, 0.5) is 10.8 Å². The molecule has 0 spiro atoms. The van der Waals surface area contributed by atoms with Crippen molar-refractivity contribution in [1.82, 2.24) is 4.98 Å². The highest BCUT2D eigenvalue weighted by Gasteiger charge is 2.10. The Labute approximate surface area is 161 Å². The molecule has 0 saturated carbocycles. The Morgan fingerprint density at radius 3 is 2.74 bits per heavy atom. The molecule has 3 aromatic rings. The Hall–Kier alpha value is -2.93. The maximum atomic E-state index is 12.3. The predicted octanol–water partition coefficient (Wildman–Crippen LogP) is 4.22. The fraction of sp³-hybridized carbons (Fsp3) is 0.250. The molecule has 0 aliphatic carbocycles. The molecule has 0 fully saturated rings. The van der Waals surface area contributed by atoms with Crippen LogP contribution in [0, 0.1) is 0 Å². The second-order valence-corrected chi connectivity index (χ2v) is 7.00. The molecule has 0 unspecified atom stereocenters. The number of rotatable bonds is 7. The van der Waals surface area contributed by atoms with Gasteiger partial charge in [-0.15, -0.1) is 0 Å². The standard InChI is InChI=1S/C20H21N3O3S/c1-3-26-17-7-5-4-6-14(17)8-11-19(25)23-20-22-16-10-9-15(21-13(2)24)12-18(16)27-20/h4-7,9-10,12H,3,8,11H2,1-2H3,(H,21,24)(H,22,23,25). The van der Waals surface area contributed by atoms with Gasteiger partial charge in [0.05, 0.1) is 16.8 Å². The van der Waals surface area contributed by atoms with E-state index in [1.807, 2.05) is 43.3 Å². The number of nitrogens with zero attached hydrogens (tertiary/aromatic N) is 1. The van der Waals surface area contributed by atoms with Crippen molar-refractivity contribution in [3.05, 3.63) is 48.0 Å². The van der Waals surface area contributed by atoms with Crippen molar-refractivity contribution in [2.75, 3.05) is 17.2 Å². The third-order valence-corrected chi connectivity index (χ3v) is 4.78. The quantitative estimate of drug-likeness (QED) is 0.640. The predicted molar refractivity (Wildman–Crippen MR) is 108 cm³/mol. The first kappa shape index (κ1) is 18.8. The highest BCUT2D eigenvalue weighted by Crippen LogP contribution is 2.28. The van der Waals surface area contributed by atoms with Crippen LogP contribution in [0.5, 0.6) is 5.75 Å². The van der Waals surface area contributed by atoms with E-state index >= 15 is 0 Å². The fourth-order valence-electron chi connectivity index (χ4n) is 2.70. The van der Waals surface area contributed by atoms with Gasteiger partial charge in [-0.3, -0.25) is 9.59 Å². The van der Waals surface area contributed by atoms with Crippen LogP contribution in [-0.4, -0.2) is 23.4 Å². The third-order valence-electron chi connectivity index (χ3n) is 3.85. The summed E-state index contributed by atoms with van der Waals surface area (Å²) in [7, 11) is 0. The lowest BCUT2D eigenvalue weighted by Gasteiger charge is -2.09. The van der Waals surface area contributed by atoms with Gasteiger partial charge in [-0.05, 0) is 43.2 Å². The zero-order chi connectivity index (χ0) is 19.2. The van der Waals surface area contributed by atoms with Crippen molar-refractivity contribution in [1.29, 1.82) is 0 Å². The van der Waals surface area contributed by atoms with Crippen LogP contribution in [0.3, 0.4) is 0 Å². The molecule has 0 saturated heterocycles. The van der Waals surface area contributed by atoms with Crippen molar-refractivity contribution >= 4 is 44.2 Å². The number of aromatic nitrogens is 1. The van der Waals surface area contributed by atoms with E-state index in [2.05, 4.69) is 15.6 Å². The second-order valence-electron chi connectivity index (χ2n) is 5.97. The number of aryl methyl sites for hydroxylation is 1. The van der Waals surface area contributed by atoms with Gasteiger partial charge in [0.25, 0.3) is 0 Å². The van der Waals surface area contributed by atoms with Crippen molar-refractivity contribution < 1.29 is 14.3 Å². The molecule has 1 heterocycles. The van der Waals surface area contributed by atoms with Crippen LogP contribution in [0.15, 0.2) is 42.5 Å². The number of para-hydroxylation sites is 1. The molecule has 1 aromatic heterocycles. The molecule has 0 bridgehead atoms. The summed E-state index contributed by atoms with van der Waals surface area (Å²) in [5.74, 6) is 0.598. The topological polar surface area (TPSA) is 80.3 Å². The summed E-state index contributed by atoms with van der Waals surface area (Å²) >= 11 is 1.38. The Kier molecular flexibility index (Phi) is 6.03. The average Bonchev–Trinajstić information content (AvgIpc) is 3.02. The zero-order valence-corrected chi connectivity index (χ0v) is 16.1. The highest BCUT2D eigenvalue weighted by molar-refractivity contribution is 7.22. The molecule has 0 aliphatic rings. The number of carbonyl (C=O) groups excluding carboxylic acids is 2. The van der Waals surface area contributed by atoms with Gasteiger partial charge in [0, 0.05) is 19.0 Å². The molecular formula is C20H21N3O3S. The number of carbonyl (C=O) groups is 2. The number of nitrogens with one attached hydrogen (secondary N) is 2. The largest absolute Gasteiger partial charge is 0.494 e. The van der Waals surface area contributed by atoms with Crippen LogP contribution >= 0.6 is 11.3 Å². The summed E-state index contributed by atoms with van der Waals surface area (Å²) in [5, 5.41) is 6.14. The SMILES string of the molecule is CCOc1ccccc1CCC(=O)Nc1nc2ccc(NC(C)=O)cc2s1. The molecule has 27 heavy (non-hydrogen) atoms. The first-order chi connectivity index (χ1) is 13.0. The Balaban J connectivity index is 1.63. The van der Waals surface area contributed by atoms with E-state index in [1.54, 1.807) is 6.07 Å². The maximum Gasteiger partial charge on any atom is 0.226 e. The molecule has 0 atom stereocenters. The Bertz CT molecular complexity index is 968. The summed E-state index contributed by atoms with van der Waals surface area (Å²) in [4.78, 5) is 27.9. The molecule has 140 valence electrons. The van der Waals surface area contributed by atoms with E-state index < -0.39 is 0 Å². The normalized spacial score (nSPS) is 10.6. The average molecular weight is 383 g/mol. The number of hydrogen-bond acceptors (Lipinski definition) is 5. The minimum absolute atomic E-state index is 0.0950. The fourth-order valence-corrected chi connectivity index (χ4v) is 3.62. The molecule has 7 heteroatoms. The molecule has 6 nitrogen and oxygen atoms in total. The minimum Gasteiger partial charge on any atom is -0.494 e. The number of fused-ring (bicyclic) bond motifs is 1. The number of amides is 2.